The van der Waals surface area contributed by atoms with E-state index in [2.05, 4.69) is 0 Å². The maximum atomic E-state index is 13.4. The predicted octanol–water partition coefficient (Wildman–Crippen LogP) is 1.36. The molecule has 2 aromatic rings. The Kier molecular flexibility index (Phi) is 6.27. The van der Waals surface area contributed by atoms with Gasteiger partial charge in [-0.3, -0.25) is 16.8 Å². The van der Waals surface area contributed by atoms with E-state index in [0.29, 0.717) is 9.58 Å². The number of halogens is 4. The van der Waals surface area contributed by atoms with E-state index in [4.69, 9.17) is 16.8 Å². The van der Waals surface area contributed by atoms with Gasteiger partial charge in [0.05, 0.1) is 24.6 Å². The topological polar surface area (TPSA) is 92.2 Å². The van der Waals surface area contributed by atoms with Crippen molar-refractivity contribution in [1.82, 2.24) is 0 Å². The summed E-state index contributed by atoms with van der Waals surface area (Å²) >= 11 is -5.62. The van der Waals surface area contributed by atoms with Crippen LogP contribution in [0.15, 0.2) is 30.3 Å². The van der Waals surface area contributed by atoms with Gasteiger partial charge in [0.25, 0.3) is 0 Å². The Hall–Kier alpha value is -0.710. The lowest BCUT2D eigenvalue weighted by Gasteiger charge is -2.18. The average Bonchev–Trinajstić information content (AvgIpc) is 2.86. The summed E-state index contributed by atoms with van der Waals surface area (Å²) in [5.41, 5.74) is -4.14. The maximum Gasteiger partial charge on any atom is 0.600 e. The minimum Gasteiger partial charge on any atom is -0.264 e. The van der Waals surface area contributed by atoms with Crippen molar-refractivity contribution in [2.75, 3.05) is 0 Å². The van der Waals surface area contributed by atoms with Crippen molar-refractivity contribution >= 4 is 20.6 Å². The molecule has 9 heteroatoms. The number of thiophene rings is 1. The molecular formula is C15H16BrF3O4S. The zero-order valence-electron chi connectivity index (χ0n) is 12.6. The van der Waals surface area contributed by atoms with Crippen LogP contribution in [0.2, 0.25) is 0 Å². The van der Waals surface area contributed by atoms with E-state index in [0.717, 1.165) is 37.5 Å². The van der Waals surface area contributed by atoms with Gasteiger partial charge in [0.1, 0.15) is 0 Å². The summed E-state index contributed by atoms with van der Waals surface area (Å²) in [6.45, 7) is 0. The van der Waals surface area contributed by atoms with Crippen molar-refractivity contribution in [3.8, 4) is 0 Å². The van der Waals surface area contributed by atoms with E-state index < -0.39 is 30.1 Å². The molecule has 3 rings (SSSR count). The third-order valence-corrected chi connectivity index (χ3v) is 6.11. The molecule has 1 heterocycles. The minimum absolute atomic E-state index is 0.131. The number of fused-ring (bicyclic) bond motifs is 1. The molecule has 1 aromatic carbocycles. The van der Waals surface area contributed by atoms with Gasteiger partial charge >= 0.3 is 5.51 Å². The van der Waals surface area contributed by atoms with Gasteiger partial charge in [-0.25, -0.2) is 0 Å². The zero-order valence-corrected chi connectivity index (χ0v) is 15.0. The molecule has 4 nitrogen and oxygen atoms in total. The van der Waals surface area contributed by atoms with Crippen molar-refractivity contribution in [3.63, 3.8) is 0 Å². The number of hydrogen-bond donors (Lipinski definition) is 0. The van der Waals surface area contributed by atoms with Crippen LogP contribution in [0.1, 0.15) is 42.9 Å². The predicted molar refractivity (Wildman–Crippen MR) is 73.6 cm³/mol. The first-order valence-electron chi connectivity index (χ1n) is 7.31. The average molecular weight is 429 g/mol. The minimum atomic E-state index is -5.62. The molecule has 0 bridgehead atoms. The third kappa shape index (κ3) is 5.40. The second-order valence-corrected chi connectivity index (χ2v) is 9.12. The lowest BCUT2D eigenvalue weighted by atomic mass is 9.88. The van der Waals surface area contributed by atoms with E-state index in [9.17, 15) is 13.2 Å². The zero-order chi connectivity index (χ0) is 18.0. The molecule has 1 fully saturated rings. The van der Waals surface area contributed by atoms with Gasteiger partial charge in [0, 0.05) is 17.4 Å². The van der Waals surface area contributed by atoms with Gasteiger partial charge in [-0.15, -0.1) is 13.2 Å². The summed E-state index contributed by atoms with van der Waals surface area (Å²) in [4.78, 5) is 0.633. The van der Waals surface area contributed by atoms with E-state index in [1.807, 2.05) is 12.1 Å². The summed E-state index contributed by atoms with van der Waals surface area (Å²) in [7, 11) is -1.69. The first-order valence-corrected chi connectivity index (χ1v) is 11.1. The molecule has 1 aromatic heterocycles. The highest BCUT2D eigenvalue weighted by atomic mass is 80.0. The Morgan fingerprint density at radius 2 is 1.50 bits per heavy atom. The van der Waals surface area contributed by atoms with Crippen molar-refractivity contribution in [3.05, 3.63) is 35.2 Å². The normalized spacial score (nSPS) is 17.5. The summed E-state index contributed by atoms with van der Waals surface area (Å²) in [6, 6.07) is 8.77. The molecular weight excluding hydrogens is 413 g/mol. The SMILES string of the molecule is FC(F)(F)[s+]1c(C2CCCCC2)cc2ccccc21.[O-][Br+3]([O-])([O-])[O-]. The molecule has 0 amide bonds. The van der Waals surface area contributed by atoms with Crippen LogP contribution in [-0.4, -0.2) is 0 Å². The second-order valence-electron chi connectivity index (χ2n) is 5.55. The number of rotatable bonds is 1. The van der Waals surface area contributed by atoms with E-state index >= 15 is 0 Å². The molecule has 0 aliphatic heterocycles. The van der Waals surface area contributed by atoms with Crippen LogP contribution >= 0.6 is 10.5 Å². The van der Waals surface area contributed by atoms with Crippen LogP contribution in [0.3, 0.4) is 0 Å². The van der Waals surface area contributed by atoms with Gasteiger partial charge < -0.3 is 0 Å². The smallest absolute Gasteiger partial charge is 0.264 e. The fourth-order valence-electron chi connectivity index (χ4n) is 3.05. The Bertz CT molecular complexity index is 669. The number of benzene rings is 1. The second kappa shape index (κ2) is 7.67. The van der Waals surface area contributed by atoms with Gasteiger partial charge in [0.15, 0.2) is 9.58 Å². The largest absolute Gasteiger partial charge is 0.600 e. The van der Waals surface area contributed by atoms with Crippen molar-refractivity contribution in [1.29, 1.82) is 0 Å². The van der Waals surface area contributed by atoms with Crippen molar-refractivity contribution < 1.29 is 44.1 Å². The molecule has 1 aliphatic carbocycles. The summed E-state index contributed by atoms with van der Waals surface area (Å²) in [5.74, 6) is 0.131. The maximum absolute atomic E-state index is 13.4. The molecule has 0 radical (unpaired) electrons. The first-order chi connectivity index (χ1) is 11.1. The molecule has 1 aliphatic rings. The van der Waals surface area contributed by atoms with Gasteiger partial charge in [-0.2, -0.15) is 0 Å². The van der Waals surface area contributed by atoms with Crippen molar-refractivity contribution in [2.24, 2.45) is 0 Å². The summed E-state index contributed by atoms with van der Waals surface area (Å²) in [6.07, 6.45) is 5.12. The molecule has 0 N–H and O–H groups in total. The monoisotopic (exact) mass is 428 g/mol. The molecule has 0 spiro atoms. The lowest BCUT2D eigenvalue weighted by Crippen LogP contribution is -2.68. The van der Waals surface area contributed by atoms with E-state index in [-0.39, 0.29) is 5.92 Å². The molecule has 1 unspecified atom stereocenters. The van der Waals surface area contributed by atoms with Crippen LogP contribution < -0.4 is 16.8 Å². The van der Waals surface area contributed by atoms with Crippen LogP contribution in [0.5, 0.6) is 0 Å². The molecule has 1 saturated carbocycles. The molecule has 24 heavy (non-hydrogen) atoms. The van der Waals surface area contributed by atoms with E-state index in [1.54, 1.807) is 18.2 Å². The molecule has 134 valence electrons. The highest BCUT2D eigenvalue weighted by molar-refractivity contribution is 7.38. The fraction of sp³-hybridized carbons (Fsp3) is 0.467. The van der Waals surface area contributed by atoms with Crippen LogP contribution in [0, 0.1) is 14.1 Å². The van der Waals surface area contributed by atoms with E-state index in [1.165, 1.54) is 0 Å². The van der Waals surface area contributed by atoms with Crippen LogP contribution in [0.25, 0.3) is 10.1 Å². The van der Waals surface area contributed by atoms with Crippen LogP contribution in [-0.2, 0) is 5.51 Å². The highest BCUT2D eigenvalue weighted by Crippen LogP contribution is 2.54. The van der Waals surface area contributed by atoms with Gasteiger partial charge in [0.2, 0.25) is 0 Å². The Morgan fingerprint density at radius 1 is 0.958 bits per heavy atom. The highest BCUT2D eigenvalue weighted by Gasteiger charge is 2.49. The number of hydrogen-bond acceptors (Lipinski definition) is 4. The van der Waals surface area contributed by atoms with Gasteiger partial charge in [-0.1, -0.05) is 31.4 Å². The van der Waals surface area contributed by atoms with Crippen molar-refractivity contribution in [2.45, 2.75) is 43.5 Å². The Balaban J connectivity index is 0.000000368. The third-order valence-electron chi connectivity index (χ3n) is 3.91. The number of alkyl halides is 3. The molecule has 1 atom stereocenters. The quantitative estimate of drug-likeness (QED) is 0.640. The lowest BCUT2D eigenvalue weighted by molar-refractivity contribution is -2.00. The Morgan fingerprint density at radius 3 is 2.04 bits per heavy atom. The fourth-order valence-corrected chi connectivity index (χ4v) is 5.22. The van der Waals surface area contributed by atoms with Gasteiger partial charge in [-0.05, 0) is 25.0 Å². The Labute approximate surface area is 143 Å². The summed E-state index contributed by atoms with van der Waals surface area (Å²) < 4.78 is 75.0. The standard InChI is InChI=1S/C15H16F3S.BrO4/c16-15(17,18)19-13-9-5-4-8-12(13)10-14(19)11-6-2-1-3-7-11;2-1(3,4)5/h4-5,8-11H,1-3,6-7H2;/q+1;-1. The summed E-state index contributed by atoms with van der Waals surface area (Å²) in [5, 5.41) is 0.767. The first kappa shape index (κ1) is 19.6. The molecule has 0 saturated heterocycles. The van der Waals surface area contributed by atoms with Crippen LogP contribution in [0.4, 0.5) is 13.2 Å².